The Kier molecular flexibility index (Phi) is 3.87. The summed E-state index contributed by atoms with van der Waals surface area (Å²) < 4.78 is 19.2. The summed E-state index contributed by atoms with van der Waals surface area (Å²) in [5.41, 5.74) is 9.31. The van der Waals surface area contributed by atoms with Crippen molar-refractivity contribution in [2.24, 2.45) is 0 Å². The van der Waals surface area contributed by atoms with Crippen molar-refractivity contribution >= 4 is 21.2 Å². The number of benzene rings is 2. The quantitative estimate of drug-likeness (QED) is 0.674. The summed E-state index contributed by atoms with van der Waals surface area (Å²) in [5, 5.41) is 0. The summed E-state index contributed by atoms with van der Waals surface area (Å²) in [6, 6.07) is 9.94. The normalized spacial score (nSPS) is 13.7. The first-order valence-corrected chi connectivity index (χ1v) is 8.42. The Morgan fingerprint density at radius 3 is 2.19 bits per heavy atom. The third-order valence-electron chi connectivity index (χ3n) is 3.42. The van der Waals surface area contributed by atoms with Gasteiger partial charge < -0.3 is 5.73 Å². The molecule has 0 aliphatic carbocycles. The van der Waals surface area contributed by atoms with Crippen molar-refractivity contribution in [2.45, 2.75) is 18.7 Å². The molecule has 0 heterocycles. The van der Waals surface area contributed by atoms with E-state index >= 15 is 0 Å². The van der Waals surface area contributed by atoms with E-state index in [0.717, 1.165) is 11.1 Å². The summed E-state index contributed by atoms with van der Waals surface area (Å²) in [5.74, 6) is -0.102. The Hall–Kier alpha value is -2.14. The van der Waals surface area contributed by atoms with Crippen molar-refractivity contribution in [3.05, 3.63) is 58.7 Å². The van der Waals surface area contributed by atoms with E-state index in [9.17, 15) is 9.00 Å². The number of nitrogens with one attached hydrogen (secondary N) is 1. The molecule has 0 fully saturated rings. The fourth-order valence-electron chi connectivity index (χ4n) is 2.10. The largest absolute Gasteiger partial charge is 0.399 e. The van der Waals surface area contributed by atoms with Gasteiger partial charge in [0.2, 0.25) is 0 Å². The van der Waals surface area contributed by atoms with Gasteiger partial charge in [0.1, 0.15) is 0 Å². The van der Waals surface area contributed by atoms with Crippen LogP contribution in [-0.4, -0.2) is 16.2 Å². The van der Waals surface area contributed by atoms with Gasteiger partial charge in [0.05, 0.1) is 9.73 Å². The van der Waals surface area contributed by atoms with Gasteiger partial charge in [0.15, 0.2) is 5.78 Å². The number of carbonyl (C=O) groups is 1. The lowest BCUT2D eigenvalue weighted by Gasteiger charge is -2.09. The number of anilines is 1. The summed E-state index contributed by atoms with van der Waals surface area (Å²) >= 11 is 0. The number of hydrogen-bond acceptors (Lipinski definition) is 4. The predicted molar refractivity (Wildman–Crippen MR) is 85.3 cm³/mol. The minimum atomic E-state index is -2.76. The lowest BCUT2D eigenvalue weighted by atomic mass is 9.96. The number of carbonyl (C=O) groups excluding carboxylic acids is 1. The van der Waals surface area contributed by atoms with E-state index in [-0.39, 0.29) is 5.78 Å². The number of hydrogen-bond donors (Lipinski definition) is 2. The Bertz CT molecular complexity index is 807. The standard InChI is InChI=1S/C16H18N2O2S/c1-10-9-15(17)11(2)8-14(10)16(19)12-4-6-13(7-5-12)21(3,18)20/h4-9,18H,17H2,1-3H3. The molecule has 0 saturated carbocycles. The highest BCUT2D eigenvalue weighted by Gasteiger charge is 2.14. The SMILES string of the molecule is Cc1cc(C(=O)c2ccc(S(C)(=N)=O)cc2)c(C)cc1N. The van der Waals surface area contributed by atoms with E-state index in [2.05, 4.69) is 0 Å². The van der Waals surface area contributed by atoms with Gasteiger partial charge >= 0.3 is 0 Å². The molecule has 3 N–H and O–H groups in total. The van der Waals surface area contributed by atoms with E-state index in [1.807, 2.05) is 13.8 Å². The van der Waals surface area contributed by atoms with Crippen molar-refractivity contribution in [1.82, 2.24) is 0 Å². The second-order valence-corrected chi connectivity index (χ2v) is 7.38. The topological polar surface area (TPSA) is 84.0 Å². The van der Waals surface area contributed by atoms with Gasteiger partial charge in [-0.1, -0.05) is 0 Å². The molecule has 0 radical (unpaired) electrons. The van der Waals surface area contributed by atoms with Gasteiger partial charge in [0, 0.05) is 28.0 Å². The highest BCUT2D eigenvalue weighted by Crippen LogP contribution is 2.21. The Balaban J connectivity index is 2.44. The molecule has 0 aromatic heterocycles. The van der Waals surface area contributed by atoms with E-state index < -0.39 is 9.73 Å². The smallest absolute Gasteiger partial charge is 0.193 e. The van der Waals surface area contributed by atoms with Gasteiger partial charge in [-0.15, -0.1) is 0 Å². The van der Waals surface area contributed by atoms with Crippen molar-refractivity contribution in [3.8, 4) is 0 Å². The Labute approximate surface area is 125 Å². The van der Waals surface area contributed by atoms with Crippen LogP contribution in [0.5, 0.6) is 0 Å². The second-order valence-electron chi connectivity index (χ2n) is 5.22. The molecular formula is C16H18N2O2S. The summed E-state index contributed by atoms with van der Waals surface area (Å²) in [6.45, 7) is 3.71. The van der Waals surface area contributed by atoms with Crippen LogP contribution >= 0.6 is 0 Å². The third-order valence-corrected chi connectivity index (χ3v) is 4.60. The van der Waals surface area contributed by atoms with Crippen LogP contribution < -0.4 is 5.73 Å². The van der Waals surface area contributed by atoms with Crippen molar-refractivity contribution in [2.75, 3.05) is 12.0 Å². The number of ketones is 1. The molecule has 0 bridgehead atoms. The van der Waals surface area contributed by atoms with Gasteiger partial charge in [0.25, 0.3) is 0 Å². The van der Waals surface area contributed by atoms with Crippen LogP contribution in [-0.2, 0) is 9.73 Å². The van der Waals surface area contributed by atoms with Crippen molar-refractivity contribution in [3.63, 3.8) is 0 Å². The zero-order chi connectivity index (χ0) is 15.8. The van der Waals surface area contributed by atoms with Crippen LogP contribution in [0.3, 0.4) is 0 Å². The molecule has 2 rings (SSSR count). The number of aryl methyl sites for hydroxylation is 2. The van der Waals surface area contributed by atoms with Crippen LogP contribution in [0.4, 0.5) is 5.69 Å². The molecule has 21 heavy (non-hydrogen) atoms. The zero-order valence-corrected chi connectivity index (χ0v) is 13.1. The maximum atomic E-state index is 12.5. The van der Waals surface area contributed by atoms with Gasteiger partial charge in [-0.25, -0.2) is 8.99 Å². The van der Waals surface area contributed by atoms with Crippen LogP contribution in [0, 0.1) is 18.6 Å². The number of nitrogens with two attached hydrogens (primary N) is 1. The lowest BCUT2D eigenvalue weighted by Crippen LogP contribution is -2.06. The van der Waals surface area contributed by atoms with Crippen molar-refractivity contribution in [1.29, 1.82) is 4.78 Å². The average Bonchev–Trinajstić information content (AvgIpc) is 2.41. The average molecular weight is 302 g/mol. The molecular weight excluding hydrogens is 284 g/mol. The fraction of sp³-hybridized carbons (Fsp3) is 0.188. The van der Waals surface area contributed by atoms with E-state index in [0.29, 0.717) is 21.7 Å². The fourth-order valence-corrected chi connectivity index (χ4v) is 2.76. The van der Waals surface area contributed by atoms with Crippen LogP contribution in [0.2, 0.25) is 0 Å². The first-order chi connectivity index (χ1) is 9.70. The second kappa shape index (κ2) is 5.33. The van der Waals surface area contributed by atoms with Crippen LogP contribution in [0.15, 0.2) is 41.3 Å². The first kappa shape index (κ1) is 15.3. The summed E-state index contributed by atoms with van der Waals surface area (Å²) in [4.78, 5) is 13.0. The van der Waals surface area contributed by atoms with Gasteiger partial charge in [-0.3, -0.25) is 4.79 Å². The van der Waals surface area contributed by atoms with Gasteiger partial charge in [-0.2, -0.15) is 0 Å². The highest BCUT2D eigenvalue weighted by molar-refractivity contribution is 7.91. The molecule has 0 aliphatic heterocycles. The molecule has 0 amide bonds. The molecule has 4 nitrogen and oxygen atoms in total. The molecule has 5 heteroatoms. The molecule has 2 aromatic carbocycles. The summed E-state index contributed by atoms with van der Waals surface area (Å²) in [7, 11) is -2.76. The first-order valence-electron chi connectivity index (χ1n) is 6.45. The van der Waals surface area contributed by atoms with E-state index in [4.69, 9.17) is 10.5 Å². The minimum absolute atomic E-state index is 0.102. The number of rotatable bonds is 3. The molecule has 110 valence electrons. The molecule has 0 spiro atoms. The Morgan fingerprint density at radius 2 is 1.67 bits per heavy atom. The van der Waals surface area contributed by atoms with Crippen LogP contribution in [0.25, 0.3) is 0 Å². The molecule has 2 aromatic rings. The lowest BCUT2D eigenvalue weighted by molar-refractivity contribution is 0.103. The Morgan fingerprint density at radius 1 is 1.10 bits per heavy atom. The minimum Gasteiger partial charge on any atom is -0.399 e. The predicted octanol–water partition coefficient (Wildman–Crippen LogP) is 3.15. The molecule has 0 aliphatic rings. The molecule has 1 atom stereocenters. The monoisotopic (exact) mass is 302 g/mol. The van der Waals surface area contributed by atoms with Gasteiger partial charge in [-0.05, 0) is 61.4 Å². The van der Waals surface area contributed by atoms with E-state index in [1.54, 1.807) is 36.4 Å². The molecule has 1 unspecified atom stereocenters. The van der Waals surface area contributed by atoms with Crippen molar-refractivity contribution < 1.29 is 9.00 Å². The maximum Gasteiger partial charge on any atom is 0.193 e. The zero-order valence-electron chi connectivity index (χ0n) is 12.3. The van der Waals surface area contributed by atoms with Crippen LogP contribution in [0.1, 0.15) is 27.0 Å². The highest BCUT2D eigenvalue weighted by atomic mass is 32.2. The summed E-state index contributed by atoms with van der Waals surface area (Å²) in [6.07, 6.45) is 1.36. The number of nitrogen functional groups attached to an aromatic ring is 1. The van der Waals surface area contributed by atoms with E-state index in [1.165, 1.54) is 6.26 Å². The molecule has 0 saturated heterocycles. The third kappa shape index (κ3) is 3.13. The maximum absolute atomic E-state index is 12.5.